The van der Waals surface area contributed by atoms with Gasteiger partial charge in [-0.3, -0.25) is 4.31 Å². The van der Waals surface area contributed by atoms with Gasteiger partial charge in [0, 0.05) is 22.8 Å². The van der Waals surface area contributed by atoms with Gasteiger partial charge in [0.1, 0.15) is 10.7 Å². The first-order valence-corrected chi connectivity index (χ1v) is 8.79. The minimum Gasteiger partial charge on any atom is -0.326 e. The van der Waals surface area contributed by atoms with Crippen LogP contribution >= 0.6 is 11.3 Å². The van der Waals surface area contributed by atoms with Gasteiger partial charge in [-0.05, 0) is 37.1 Å². The maximum absolute atomic E-state index is 13.4. The van der Waals surface area contributed by atoms with Gasteiger partial charge in [-0.2, -0.15) is 0 Å². The number of halogens is 1. The second-order valence-electron chi connectivity index (χ2n) is 4.94. The molecule has 1 aliphatic rings. The highest BCUT2D eigenvalue weighted by molar-refractivity contribution is 7.93. The van der Waals surface area contributed by atoms with E-state index in [1.165, 1.54) is 27.8 Å². The van der Waals surface area contributed by atoms with E-state index in [4.69, 9.17) is 5.73 Å². The number of nitrogens with zero attached hydrogens (tertiary/aromatic N) is 1. The summed E-state index contributed by atoms with van der Waals surface area (Å²) in [5.74, 6) is -0.430. The Labute approximate surface area is 127 Å². The van der Waals surface area contributed by atoms with E-state index >= 15 is 0 Å². The van der Waals surface area contributed by atoms with E-state index < -0.39 is 15.8 Å². The molecular formula is C14H15FN2O2S2. The highest BCUT2D eigenvalue weighted by Gasteiger charge is 2.33. The highest BCUT2D eigenvalue weighted by Crippen LogP contribution is 2.36. The first kappa shape index (κ1) is 14.5. The summed E-state index contributed by atoms with van der Waals surface area (Å²) in [6.07, 6.45) is 0.599. The molecule has 1 aromatic heterocycles. The number of sulfonamides is 1. The van der Waals surface area contributed by atoms with Crippen molar-refractivity contribution in [3.8, 4) is 0 Å². The highest BCUT2D eigenvalue weighted by atomic mass is 32.2. The molecule has 0 radical (unpaired) electrons. The van der Waals surface area contributed by atoms with Crippen LogP contribution in [-0.2, 0) is 23.0 Å². The lowest BCUT2D eigenvalue weighted by atomic mass is 10.2. The lowest BCUT2D eigenvalue weighted by Gasteiger charge is -2.19. The standard InChI is InChI=1S/C14H15FN2O2S2/c1-9-14(7-12(8-16)20-9)21(18,19)17-5-4-10-2-3-11(15)6-13(10)17/h2-3,6-7H,4-5,8,16H2,1H3. The fourth-order valence-electron chi connectivity index (χ4n) is 2.57. The Bertz CT molecular complexity index is 799. The number of thiophene rings is 1. The summed E-state index contributed by atoms with van der Waals surface area (Å²) in [6.45, 7) is 2.42. The number of aryl methyl sites for hydroxylation is 1. The lowest BCUT2D eigenvalue weighted by Crippen LogP contribution is -2.29. The van der Waals surface area contributed by atoms with E-state index in [1.807, 2.05) is 0 Å². The number of fused-ring (bicyclic) bond motifs is 1. The van der Waals surface area contributed by atoms with Crippen LogP contribution in [0.5, 0.6) is 0 Å². The number of rotatable bonds is 3. The Morgan fingerprint density at radius 2 is 2.14 bits per heavy atom. The molecule has 112 valence electrons. The second-order valence-corrected chi connectivity index (χ2v) is 8.11. The largest absolute Gasteiger partial charge is 0.326 e. The Hall–Kier alpha value is -1.44. The zero-order valence-electron chi connectivity index (χ0n) is 11.5. The van der Waals surface area contributed by atoms with Gasteiger partial charge < -0.3 is 5.73 Å². The van der Waals surface area contributed by atoms with Gasteiger partial charge in [0.15, 0.2) is 0 Å². The predicted molar refractivity (Wildman–Crippen MR) is 81.6 cm³/mol. The Morgan fingerprint density at radius 1 is 1.38 bits per heavy atom. The summed E-state index contributed by atoms with van der Waals surface area (Å²) < 4.78 is 40.4. The summed E-state index contributed by atoms with van der Waals surface area (Å²) in [7, 11) is -3.67. The van der Waals surface area contributed by atoms with Crippen molar-refractivity contribution in [2.45, 2.75) is 24.8 Å². The zero-order chi connectivity index (χ0) is 15.2. The molecule has 3 rings (SSSR count). The van der Waals surface area contributed by atoms with E-state index in [1.54, 1.807) is 19.1 Å². The minimum atomic E-state index is -3.67. The summed E-state index contributed by atoms with van der Waals surface area (Å²) in [6, 6.07) is 5.90. The van der Waals surface area contributed by atoms with Gasteiger partial charge in [0.25, 0.3) is 10.0 Å². The summed E-state index contributed by atoms with van der Waals surface area (Å²) >= 11 is 1.38. The molecule has 0 spiro atoms. The minimum absolute atomic E-state index is 0.269. The molecule has 2 aromatic rings. The Morgan fingerprint density at radius 3 is 2.81 bits per heavy atom. The number of hydrogen-bond acceptors (Lipinski definition) is 4. The molecule has 4 nitrogen and oxygen atoms in total. The molecule has 0 bridgehead atoms. The molecule has 0 saturated carbocycles. The van der Waals surface area contributed by atoms with Crippen molar-refractivity contribution < 1.29 is 12.8 Å². The number of benzene rings is 1. The monoisotopic (exact) mass is 326 g/mol. The molecule has 0 atom stereocenters. The van der Waals surface area contributed by atoms with Crippen LogP contribution < -0.4 is 10.0 Å². The van der Waals surface area contributed by atoms with Gasteiger partial charge in [0.2, 0.25) is 0 Å². The maximum atomic E-state index is 13.4. The van der Waals surface area contributed by atoms with Gasteiger partial charge in [0.05, 0.1) is 5.69 Å². The Kier molecular flexibility index (Phi) is 3.51. The first-order chi connectivity index (χ1) is 9.93. The summed E-state index contributed by atoms with van der Waals surface area (Å²) in [4.78, 5) is 1.80. The molecular weight excluding hydrogens is 311 g/mol. The molecule has 7 heteroatoms. The fourth-order valence-corrected chi connectivity index (χ4v) is 5.55. The Balaban J connectivity index is 2.09. The van der Waals surface area contributed by atoms with E-state index in [9.17, 15) is 12.8 Å². The summed E-state index contributed by atoms with van der Waals surface area (Å²) in [5, 5.41) is 0. The van der Waals surface area contributed by atoms with Crippen molar-refractivity contribution in [1.82, 2.24) is 0 Å². The van der Waals surface area contributed by atoms with Crippen LogP contribution in [0.4, 0.5) is 10.1 Å². The maximum Gasteiger partial charge on any atom is 0.265 e. The van der Waals surface area contributed by atoms with Gasteiger partial charge >= 0.3 is 0 Å². The third kappa shape index (κ3) is 2.35. The quantitative estimate of drug-likeness (QED) is 0.942. The van der Waals surface area contributed by atoms with Crippen molar-refractivity contribution in [3.05, 3.63) is 45.4 Å². The molecule has 1 aromatic carbocycles. The van der Waals surface area contributed by atoms with Crippen LogP contribution in [0.1, 0.15) is 15.3 Å². The molecule has 1 aliphatic heterocycles. The van der Waals surface area contributed by atoms with Crippen LogP contribution in [0.25, 0.3) is 0 Å². The normalized spacial score (nSPS) is 14.5. The first-order valence-electron chi connectivity index (χ1n) is 6.54. The van der Waals surface area contributed by atoms with Crippen molar-refractivity contribution in [1.29, 1.82) is 0 Å². The van der Waals surface area contributed by atoms with E-state index in [0.29, 0.717) is 30.1 Å². The zero-order valence-corrected chi connectivity index (χ0v) is 13.1. The lowest BCUT2D eigenvalue weighted by molar-refractivity contribution is 0.592. The van der Waals surface area contributed by atoms with Crippen molar-refractivity contribution in [2.24, 2.45) is 5.73 Å². The molecule has 0 unspecified atom stereocenters. The summed E-state index contributed by atoms with van der Waals surface area (Å²) in [5.41, 5.74) is 6.87. The number of anilines is 1. The molecule has 2 heterocycles. The third-order valence-corrected chi connectivity index (χ3v) is 6.73. The molecule has 0 fully saturated rings. The average Bonchev–Trinajstić information content (AvgIpc) is 3.02. The molecule has 21 heavy (non-hydrogen) atoms. The van der Waals surface area contributed by atoms with Crippen LogP contribution in [0.3, 0.4) is 0 Å². The van der Waals surface area contributed by atoms with E-state index in [-0.39, 0.29) is 4.90 Å². The molecule has 0 amide bonds. The van der Waals surface area contributed by atoms with Crippen LogP contribution in [-0.4, -0.2) is 15.0 Å². The third-order valence-electron chi connectivity index (χ3n) is 3.59. The van der Waals surface area contributed by atoms with Crippen molar-refractivity contribution >= 4 is 27.0 Å². The smallest absolute Gasteiger partial charge is 0.265 e. The number of nitrogens with two attached hydrogens (primary N) is 1. The van der Waals surface area contributed by atoms with Crippen molar-refractivity contribution in [2.75, 3.05) is 10.8 Å². The SMILES string of the molecule is Cc1sc(CN)cc1S(=O)(=O)N1CCc2ccc(F)cc21. The van der Waals surface area contributed by atoms with Gasteiger partial charge in [-0.25, -0.2) is 12.8 Å². The topological polar surface area (TPSA) is 63.4 Å². The van der Waals surface area contributed by atoms with Crippen molar-refractivity contribution in [3.63, 3.8) is 0 Å². The number of hydrogen-bond donors (Lipinski definition) is 1. The molecule has 0 aliphatic carbocycles. The van der Waals surface area contributed by atoms with Crippen LogP contribution in [0.15, 0.2) is 29.2 Å². The van der Waals surface area contributed by atoms with E-state index in [2.05, 4.69) is 0 Å². The van der Waals surface area contributed by atoms with Gasteiger partial charge in [-0.15, -0.1) is 11.3 Å². The second kappa shape index (κ2) is 5.08. The van der Waals surface area contributed by atoms with Gasteiger partial charge in [-0.1, -0.05) is 6.07 Å². The molecule has 2 N–H and O–H groups in total. The van der Waals surface area contributed by atoms with E-state index in [0.717, 1.165) is 10.4 Å². The van der Waals surface area contributed by atoms with Crippen LogP contribution in [0.2, 0.25) is 0 Å². The predicted octanol–water partition coefficient (Wildman–Crippen LogP) is 2.41. The molecule has 0 saturated heterocycles. The fraction of sp³-hybridized carbons (Fsp3) is 0.286. The average molecular weight is 326 g/mol. The van der Waals surface area contributed by atoms with Crippen LogP contribution in [0, 0.1) is 12.7 Å².